The number of benzene rings is 1. The normalized spacial score (nSPS) is 15.8. The van der Waals surface area contributed by atoms with E-state index in [-0.39, 0.29) is 0 Å². The zero-order valence-corrected chi connectivity index (χ0v) is 9.36. The highest BCUT2D eigenvalue weighted by molar-refractivity contribution is 7.99. The Morgan fingerprint density at radius 1 is 1.36 bits per heavy atom. The number of hydrogen-bond acceptors (Lipinski definition) is 2. The molecule has 0 saturated heterocycles. The molecule has 1 nitrogen and oxygen atoms in total. The van der Waals surface area contributed by atoms with Gasteiger partial charge in [0.1, 0.15) is 0 Å². The van der Waals surface area contributed by atoms with E-state index in [1.807, 2.05) is 23.9 Å². The van der Waals surface area contributed by atoms with E-state index in [0.717, 1.165) is 11.3 Å². The summed E-state index contributed by atoms with van der Waals surface area (Å²) in [5, 5.41) is 0. The number of hydrogen-bond donors (Lipinski definition) is 0. The first-order valence-corrected chi connectivity index (χ1v) is 5.97. The molecular weight excluding hydrogens is 192 g/mol. The average molecular weight is 206 g/mol. The summed E-state index contributed by atoms with van der Waals surface area (Å²) in [6.07, 6.45) is 0.694. The SMILES string of the molecule is CC(C)c1cccc2c1SCCC2=O. The van der Waals surface area contributed by atoms with Crippen LogP contribution in [0.25, 0.3) is 0 Å². The number of Topliss-reactive ketones (excluding diaryl/α,β-unsaturated/α-hetero) is 1. The first-order chi connectivity index (χ1) is 6.70. The fraction of sp³-hybridized carbons (Fsp3) is 0.417. The molecular formula is C12H14OS. The van der Waals surface area contributed by atoms with Crippen molar-refractivity contribution in [3.05, 3.63) is 29.3 Å². The second-order valence-corrected chi connectivity index (χ2v) is 5.01. The van der Waals surface area contributed by atoms with Crippen molar-refractivity contribution in [3.8, 4) is 0 Å². The average Bonchev–Trinajstić information content (AvgIpc) is 2.17. The molecule has 0 radical (unpaired) electrons. The van der Waals surface area contributed by atoms with Gasteiger partial charge in [-0.25, -0.2) is 0 Å². The van der Waals surface area contributed by atoms with E-state index in [1.54, 1.807) is 0 Å². The molecule has 0 spiro atoms. The number of ketones is 1. The predicted octanol–water partition coefficient (Wildman–Crippen LogP) is 3.49. The van der Waals surface area contributed by atoms with E-state index in [9.17, 15) is 4.79 Å². The van der Waals surface area contributed by atoms with Crippen LogP contribution < -0.4 is 0 Å². The molecule has 1 aliphatic rings. The van der Waals surface area contributed by atoms with Gasteiger partial charge in [-0.1, -0.05) is 32.0 Å². The maximum Gasteiger partial charge on any atom is 0.164 e. The third kappa shape index (κ3) is 1.59. The molecule has 1 heterocycles. The molecule has 74 valence electrons. The zero-order chi connectivity index (χ0) is 10.1. The van der Waals surface area contributed by atoms with Gasteiger partial charge in [-0.3, -0.25) is 4.79 Å². The highest BCUT2D eigenvalue weighted by Gasteiger charge is 2.20. The molecule has 0 amide bonds. The Balaban J connectivity index is 2.55. The van der Waals surface area contributed by atoms with Crippen LogP contribution in [-0.2, 0) is 0 Å². The minimum atomic E-state index is 0.307. The number of fused-ring (bicyclic) bond motifs is 1. The smallest absolute Gasteiger partial charge is 0.164 e. The molecule has 0 bridgehead atoms. The topological polar surface area (TPSA) is 17.1 Å². The van der Waals surface area contributed by atoms with Gasteiger partial charge in [-0.05, 0) is 11.5 Å². The molecule has 0 N–H and O–H groups in total. The minimum Gasteiger partial charge on any atom is -0.294 e. The van der Waals surface area contributed by atoms with Crippen molar-refractivity contribution >= 4 is 17.5 Å². The molecule has 0 unspecified atom stereocenters. The number of carbonyl (C=O) groups excluding carboxylic acids is 1. The van der Waals surface area contributed by atoms with Gasteiger partial charge in [0.2, 0.25) is 0 Å². The van der Waals surface area contributed by atoms with Crippen LogP contribution in [-0.4, -0.2) is 11.5 Å². The molecule has 1 aromatic carbocycles. The Kier molecular flexibility index (Phi) is 2.64. The maximum atomic E-state index is 11.6. The summed E-state index contributed by atoms with van der Waals surface area (Å²) in [5.41, 5.74) is 2.26. The largest absolute Gasteiger partial charge is 0.294 e. The van der Waals surface area contributed by atoms with Crippen molar-refractivity contribution in [1.82, 2.24) is 0 Å². The molecule has 2 rings (SSSR count). The van der Waals surface area contributed by atoms with Gasteiger partial charge >= 0.3 is 0 Å². The van der Waals surface area contributed by atoms with Crippen LogP contribution in [0.1, 0.15) is 42.1 Å². The van der Waals surface area contributed by atoms with E-state index >= 15 is 0 Å². The first kappa shape index (κ1) is 9.78. The summed E-state index contributed by atoms with van der Waals surface area (Å²) < 4.78 is 0. The third-order valence-corrected chi connectivity index (χ3v) is 3.70. The summed E-state index contributed by atoms with van der Waals surface area (Å²) in [6, 6.07) is 6.09. The van der Waals surface area contributed by atoms with E-state index in [2.05, 4.69) is 19.9 Å². The van der Waals surface area contributed by atoms with Crippen LogP contribution in [0.2, 0.25) is 0 Å². The number of carbonyl (C=O) groups is 1. The molecule has 0 atom stereocenters. The first-order valence-electron chi connectivity index (χ1n) is 4.99. The predicted molar refractivity (Wildman–Crippen MR) is 60.2 cm³/mol. The number of rotatable bonds is 1. The highest BCUT2D eigenvalue weighted by Crippen LogP contribution is 2.36. The van der Waals surface area contributed by atoms with E-state index in [0.29, 0.717) is 18.1 Å². The van der Waals surface area contributed by atoms with Crippen molar-refractivity contribution in [3.63, 3.8) is 0 Å². The fourth-order valence-electron chi connectivity index (χ4n) is 1.77. The minimum absolute atomic E-state index is 0.307. The van der Waals surface area contributed by atoms with Crippen molar-refractivity contribution in [2.45, 2.75) is 31.1 Å². The van der Waals surface area contributed by atoms with Crippen LogP contribution in [0, 0.1) is 0 Å². The Morgan fingerprint density at radius 2 is 2.14 bits per heavy atom. The van der Waals surface area contributed by atoms with Gasteiger partial charge in [0.25, 0.3) is 0 Å². The van der Waals surface area contributed by atoms with Crippen molar-refractivity contribution in [2.75, 3.05) is 5.75 Å². The van der Waals surface area contributed by atoms with Crippen LogP contribution >= 0.6 is 11.8 Å². The molecule has 0 aliphatic carbocycles. The third-order valence-electron chi connectivity index (χ3n) is 2.54. The highest BCUT2D eigenvalue weighted by atomic mass is 32.2. The lowest BCUT2D eigenvalue weighted by Crippen LogP contribution is -2.10. The quantitative estimate of drug-likeness (QED) is 0.699. The van der Waals surface area contributed by atoms with Crippen LogP contribution in [0.15, 0.2) is 23.1 Å². The Morgan fingerprint density at radius 3 is 2.86 bits per heavy atom. The number of thioether (sulfide) groups is 1. The van der Waals surface area contributed by atoms with Gasteiger partial charge in [0.15, 0.2) is 5.78 Å². The van der Waals surface area contributed by atoms with Gasteiger partial charge < -0.3 is 0 Å². The fourth-order valence-corrected chi connectivity index (χ4v) is 3.07. The van der Waals surface area contributed by atoms with Crippen LogP contribution in [0.5, 0.6) is 0 Å². The van der Waals surface area contributed by atoms with Gasteiger partial charge in [-0.15, -0.1) is 11.8 Å². The maximum absolute atomic E-state index is 11.6. The summed E-state index contributed by atoms with van der Waals surface area (Å²) in [4.78, 5) is 12.9. The van der Waals surface area contributed by atoms with Crippen molar-refractivity contribution in [1.29, 1.82) is 0 Å². The summed E-state index contributed by atoms with van der Waals surface area (Å²) in [6.45, 7) is 4.35. The molecule has 1 aromatic rings. The summed E-state index contributed by atoms with van der Waals surface area (Å²) in [7, 11) is 0. The molecule has 0 saturated carbocycles. The standard InChI is InChI=1S/C12H14OS/c1-8(2)9-4-3-5-10-11(13)6-7-14-12(9)10/h3-5,8H,6-7H2,1-2H3. The van der Waals surface area contributed by atoms with Crippen LogP contribution in [0.4, 0.5) is 0 Å². The molecule has 2 heteroatoms. The molecule has 1 aliphatic heterocycles. The summed E-state index contributed by atoms with van der Waals surface area (Å²) >= 11 is 1.83. The lowest BCUT2D eigenvalue weighted by atomic mass is 9.98. The van der Waals surface area contributed by atoms with Crippen LogP contribution in [0.3, 0.4) is 0 Å². The molecule has 0 fully saturated rings. The second-order valence-electron chi connectivity index (χ2n) is 3.90. The lowest BCUT2D eigenvalue weighted by molar-refractivity contribution is 0.0984. The Hall–Kier alpha value is -0.760. The van der Waals surface area contributed by atoms with Crippen molar-refractivity contribution < 1.29 is 4.79 Å². The molecule has 14 heavy (non-hydrogen) atoms. The van der Waals surface area contributed by atoms with Gasteiger partial charge in [0.05, 0.1) is 0 Å². The van der Waals surface area contributed by atoms with E-state index in [4.69, 9.17) is 0 Å². The van der Waals surface area contributed by atoms with E-state index in [1.165, 1.54) is 10.5 Å². The monoisotopic (exact) mass is 206 g/mol. The lowest BCUT2D eigenvalue weighted by Gasteiger charge is -2.19. The van der Waals surface area contributed by atoms with Gasteiger partial charge in [0, 0.05) is 22.6 Å². The second kappa shape index (κ2) is 3.77. The summed E-state index contributed by atoms with van der Waals surface area (Å²) in [5.74, 6) is 1.75. The van der Waals surface area contributed by atoms with Gasteiger partial charge in [-0.2, -0.15) is 0 Å². The Bertz CT molecular complexity index is 369. The van der Waals surface area contributed by atoms with E-state index < -0.39 is 0 Å². The Labute approximate surface area is 88.9 Å². The molecule has 0 aromatic heterocycles. The van der Waals surface area contributed by atoms with Crippen molar-refractivity contribution in [2.24, 2.45) is 0 Å². The zero-order valence-electron chi connectivity index (χ0n) is 8.54.